The molecular formula is C13H11NOS. The van der Waals surface area contributed by atoms with Crippen LogP contribution in [0.5, 0.6) is 0 Å². The van der Waals surface area contributed by atoms with Crippen molar-refractivity contribution in [3.63, 3.8) is 0 Å². The van der Waals surface area contributed by atoms with E-state index in [1.54, 1.807) is 17.4 Å². The van der Waals surface area contributed by atoms with Crippen molar-refractivity contribution in [1.82, 2.24) is 0 Å². The van der Waals surface area contributed by atoms with Crippen molar-refractivity contribution in [2.24, 2.45) is 5.73 Å². The van der Waals surface area contributed by atoms with E-state index in [0.29, 0.717) is 0 Å². The van der Waals surface area contributed by atoms with Gasteiger partial charge in [0.25, 0.3) is 0 Å². The Kier molecular flexibility index (Phi) is 3.17. The number of thiophene rings is 1. The Morgan fingerprint density at radius 3 is 2.56 bits per heavy atom. The summed E-state index contributed by atoms with van der Waals surface area (Å²) < 4.78 is 0. The number of carbonyl (C=O) groups excluding carboxylic acids is 1. The van der Waals surface area contributed by atoms with Gasteiger partial charge in [0.2, 0.25) is 5.91 Å². The highest BCUT2D eigenvalue weighted by atomic mass is 32.1. The summed E-state index contributed by atoms with van der Waals surface area (Å²) in [5.74, 6) is -0.422. The van der Waals surface area contributed by atoms with Gasteiger partial charge in [0.15, 0.2) is 0 Å². The van der Waals surface area contributed by atoms with Gasteiger partial charge in [-0.3, -0.25) is 4.79 Å². The van der Waals surface area contributed by atoms with Crippen LogP contribution in [-0.2, 0) is 4.79 Å². The highest BCUT2D eigenvalue weighted by molar-refractivity contribution is 7.16. The fourth-order valence-electron chi connectivity index (χ4n) is 1.36. The topological polar surface area (TPSA) is 43.1 Å². The Morgan fingerprint density at radius 1 is 1.12 bits per heavy atom. The Bertz CT molecular complexity index is 514. The van der Waals surface area contributed by atoms with E-state index in [9.17, 15) is 4.79 Å². The normalized spacial score (nSPS) is 10.8. The van der Waals surface area contributed by atoms with Crippen LogP contribution in [0.4, 0.5) is 0 Å². The first-order valence-electron chi connectivity index (χ1n) is 4.88. The molecule has 80 valence electrons. The highest BCUT2D eigenvalue weighted by Crippen LogP contribution is 2.28. The lowest BCUT2D eigenvalue weighted by Crippen LogP contribution is -2.04. The number of nitrogens with two attached hydrogens (primary N) is 1. The zero-order valence-corrected chi connectivity index (χ0v) is 9.41. The number of hydrogen-bond donors (Lipinski definition) is 1. The van der Waals surface area contributed by atoms with E-state index in [-0.39, 0.29) is 0 Å². The lowest BCUT2D eigenvalue weighted by molar-refractivity contribution is -0.113. The molecule has 0 atom stereocenters. The van der Waals surface area contributed by atoms with Crippen molar-refractivity contribution in [2.75, 3.05) is 0 Å². The molecule has 1 aromatic carbocycles. The molecule has 2 aromatic rings. The van der Waals surface area contributed by atoms with Gasteiger partial charge in [0.05, 0.1) is 0 Å². The summed E-state index contributed by atoms with van der Waals surface area (Å²) in [6, 6.07) is 14.2. The SMILES string of the molecule is NC(=O)/C=C/c1ccc(-c2ccccc2)s1. The van der Waals surface area contributed by atoms with Crippen molar-refractivity contribution in [1.29, 1.82) is 0 Å². The number of rotatable bonds is 3. The lowest BCUT2D eigenvalue weighted by atomic mass is 10.2. The largest absolute Gasteiger partial charge is 0.366 e. The van der Waals surface area contributed by atoms with Gasteiger partial charge in [-0.25, -0.2) is 0 Å². The summed E-state index contributed by atoms with van der Waals surface area (Å²) in [4.78, 5) is 12.8. The molecule has 0 unspecified atom stereocenters. The minimum Gasteiger partial charge on any atom is -0.366 e. The maximum absolute atomic E-state index is 10.6. The Labute approximate surface area is 98.0 Å². The molecule has 0 spiro atoms. The van der Waals surface area contributed by atoms with Crippen molar-refractivity contribution < 1.29 is 4.79 Å². The highest BCUT2D eigenvalue weighted by Gasteiger charge is 1.99. The second kappa shape index (κ2) is 4.77. The molecule has 0 bridgehead atoms. The predicted octanol–water partition coefficient (Wildman–Crippen LogP) is 2.91. The smallest absolute Gasteiger partial charge is 0.241 e. The Balaban J connectivity index is 2.23. The third-order valence-electron chi connectivity index (χ3n) is 2.10. The Morgan fingerprint density at radius 2 is 1.88 bits per heavy atom. The fourth-order valence-corrected chi connectivity index (χ4v) is 2.28. The van der Waals surface area contributed by atoms with Gasteiger partial charge >= 0.3 is 0 Å². The van der Waals surface area contributed by atoms with E-state index in [0.717, 1.165) is 4.88 Å². The van der Waals surface area contributed by atoms with E-state index in [4.69, 9.17) is 5.73 Å². The molecular weight excluding hydrogens is 218 g/mol. The molecule has 0 aliphatic carbocycles. The molecule has 0 aliphatic rings. The Hall–Kier alpha value is -1.87. The van der Waals surface area contributed by atoms with Gasteiger partial charge in [0.1, 0.15) is 0 Å². The van der Waals surface area contributed by atoms with E-state index in [2.05, 4.69) is 12.1 Å². The van der Waals surface area contributed by atoms with E-state index in [1.807, 2.05) is 30.3 Å². The summed E-state index contributed by atoms with van der Waals surface area (Å²) in [7, 11) is 0. The summed E-state index contributed by atoms with van der Waals surface area (Å²) in [5.41, 5.74) is 6.22. The number of hydrogen-bond acceptors (Lipinski definition) is 2. The van der Waals surface area contributed by atoms with Crippen LogP contribution in [-0.4, -0.2) is 5.91 Å². The average molecular weight is 229 g/mol. The zero-order chi connectivity index (χ0) is 11.4. The summed E-state index contributed by atoms with van der Waals surface area (Å²) in [6.45, 7) is 0. The molecule has 1 amide bonds. The summed E-state index contributed by atoms with van der Waals surface area (Å²) in [5, 5.41) is 0. The second-order valence-corrected chi connectivity index (χ2v) is 4.42. The van der Waals surface area contributed by atoms with Crippen LogP contribution in [0, 0.1) is 0 Å². The molecule has 0 aliphatic heterocycles. The summed E-state index contributed by atoms with van der Waals surface area (Å²) >= 11 is 1.63. The molecule has 3 heteroatoms. The van der Waals surface area contributed by atoms with Gasteiger partial charge < -0.3 is 5.73 Å². The molecule has 0 saturated carbocycles. The number of benzene rings is 1. The zero-order valence-electron chi connectivity index (χ0n) is 8.59. The molecule has 1 heterocycles. The van der Waals surface area contributed by atoms with Crippen molar-refractivity contribution in [3.05, 3.63) is 53.4 Å². The minimum atomic E-state index is -0.422. The lowest BCUT2D eigenvalue weighted by Gasteiger charge is -1.94. The average Bonchev–Trinajstić information content (AvgIpc) is 2.76. The summed E-state index contributed by atoms with van der Waals surface area (Å²) in [6.07, 6.45) is 3.11. The molecule has 0 saturated heterocycles. The maximum Gasteiger partial charge on any atom is 0.241 e. The van der Waals surface area contributed by atoms with Crippen LogP contribution in [0.15, 0.2) is 48.5 Å². The van der Waals surface area contributed by atoms with E-state index in [1.165, 1.54) is 16.5 Å². The molecule has 2 nitrogen and oxygen atoms in total. The first kappa shape index (κ1) is 10.6. The second-order valence-electron chi connectivity index (χ2n) is 3.30. The predicted molar refractivity (Wildman–Crippen MR) is 68.0 cm³/mol. The van der Waals surface area contributed by atoms with Crippen LogP contribution >= 0.6 is 11.3 Å². The first-order valence-corrected chi connectivity index (χ1v) is 5.70. The van der Waals surface area contributed by atoms with Gasteiger partial charge in [-0.2, -0.15) is 0 Å². The van der Waals surface area contributed by atoms with Gasteiger partial charge in [0, 0.05) is 15.8 Å². The molecule has 0 radical (unpaired) electrons. The van der Waals surface area contributed by atoms with Gasteiger partial charge in [-0.15, -0.1) is 11.3 Å². The number of primary amides is 1. The van der Waals surface area contributed by atoms with Crippen LogP contribution < -0.4 is 5.73 Å². The van der Waals surface area contributed by atoms with Crippen LogP contribution in [0.1, 0.15) is 4.88 Å². The maximum atomic E-state index is 10.6. The van der Waals surface area contributed by atoms with Gasteiger partial charge in [-0.05, 0) is 23.8 Å². The van der Waals surface area contributed by atoms with E-state index < -0.39 is 5.91 Å². The minimum absolute atomic E-state index is 0.422. The third kappa shape index (κ3) is 2.58. The van der Waals surface area contributed by atoms with Gasteiger partial charge in [-0.1, -0.05) is 30.3 Å². The number of carbonyl (C=O) groups is 1. The molecule has 2 N–H and O–H groups in total. The van der Waals surface area contributed by atoms with Crippen LogP contribution in [0.2, 0.25) is 0 Å². The van der Waals surface area contributed by atoms with Crippen molar-refractivity contribution in [3.8, 4) is 10.4 Å². The number of amides is 1. The van der Waals surface area contributed by atoms with E-state index >= 15 is 0 Å². The first-order chi connectivity index (χ1) is 7.75. The third-order valence-corrected chi connectivity index (χ3v) is 3.20. The van der Waals surface area contributed by atoms with Crippen LogP contribution in [0.3, 0.4) is 0 Å². The molecule has 2 rings (SSSR count). The molecule has 0 fully saturated rings. The molecule has 16 heavy (non-hydrogen) atoms. The fraction of sp³-hybridized carbons (Fsp3) is 0. The standard InChI is InChI=1S/C13H11NOS/c14-13(15)9-7-11-6-8-12(16-11)10-4-2-1-3-5-10/h1-9H,(H2,14,15)/b9-7+. The van der Waals surface area contributed by atoms with Crippen LogP contribution in [0.25, 0.3) is 16.5 Å². The quantitative estimate of drug-likeness (QED) is 0.808. The monoisotopic (exact) mass is 229 g/mol. The molecule has 1 aromatic heterocycles. The van der Waals surface area contributed by atoms with Crippen molar-refractivity contribution >= 4 is 23.3 Å². The van der Waals surface area contributed by atoms with Crippen molar-refractivity contribution in [2.45, 2.75) is 0 Å².